The van der Waals surface area contributed by atoms with E-state index < -0.39 is 5.97 Å². The van der Waals surface area contributed by atoms with Crippen molar-refractivity contribution < 1.29 is 28.3 Å². The van der Waals surface area contributed by atoms with Crippen molar-refractivity contribution in [2.24, 2.45) is 0 Å². The van der Waals surface area contributed by atoms with E-state index in [1.165, 1.54) is 32.9 Å². The molecule has 10 heteroatoms. The second-order valence-corrected chi connectivity index (χ2v) is 6.84. The molecule has 2 aromatic heterocycles. The molecule has 2 aromatic carbocycles. The quantitative estimate of drug-likeness (QED) is 0.202. The summed E-state index contributed by atoms with van der Waals surface area (Å²) in [4.78, 5) is 20.4. The summed E-state index contributed by atoms with van der Waals surface area (Å²) in [6.07, 6.45) is 2.56. The van der Waals surface area contributed by atoms with E-state index in [0.29, 0.717) is 28.1 Å². The number of rotatable bonds is 8. The smallest absolute Gasteiger partial charge is 0.341 e. The fraction of sp³-hybridized carbons (Fsp3) is 0.0800. The highest BCUT2D eigenvalue weighted by molar-refractivity contribution is 6.17. The van der Waals surface area contributed by atoms with Crippen LogP contribution in [0.5, 0.6) is 23.5 Å². The first-order valence-electron chi connectivity index (χ1n) is 10.2. The van der Waals surface area contributed by atoms with Gasteiger partial charge in [0.25, 0.3) is 0 Å². The zero-order chi connectivity index (χ0) is 24.6. The molecule has 0 fully saturated rings. The molecule has 0 N–H and O–H groups in total. The normalized spacial score (nSPS) is 10.8. The zero-order valence-corrected chi connectivity index (χ0v) is 18.7. The summed E-state index contributed by atoms with van der Waals surface area (Å²) in [7, 11) is 2.72. The number of hydrogen-bond donors (Lipinski definition) is 0. The molecule has 0 bridgehead atoms. The predicted octanol–water partition coefficient (Wildman–Crippen LogP) is 4.75. The number of nitriles is 1. The Hall–Kier alpha value is -5.17. The van der Waals surface area contributed by atoms with E-state index in [0.717, 1.165) is 0 Å². The van der Waals surface area contributed by atoms with Crippen LogP contribution in [0, 0.1) is 11.3 Å². The molecule has 0 atom stereocenters. The maximum atomic E-state index is 12.3. The van der Waals surface area contributed by atoms with E-state index in [1.807, 2.05) is 0 Å². The number of nitrogens with zero attached hydrogens (tertiary/aromatic N) is 4. The van der Waals surface area contributed by atoms with Gasteiger partial charge < -0.3 is 23.5 Å². The van der Waals surface area contributed by atoms with E-state index in [9.17, 15) is 10.1 Å². The van der Waals surface area contributed by atoms with Gasteiger partial charge in [-0.15, -0.1) is 0 Å². The predicted molar refractivity (Wildman–Crippen MR) is 122 cm³/mol. The van der Waals surface area contributed by atoms with Crippen molar-refractivity contribution in [1.29, 1.82) is 5.26 Å². The maximum Gasteiger partial charge on any atom is 0.341 e. The Kier molecular flexibility index (Phi) is 6.99. The van der Waals surface area contributed by atoms with Crippen LogP contribution in [0.4, 0.5) is 0 Å². The SMILES string of the molecule is COC=C(C(=O)OC)c1ccccc1-c1cc(Oc2cc(Oc3ccccc3C#N)ncn2)on1. The number of esters is 1. The summed E-state index contributed by atoms with van der Waals surface area (Å²) >= 11 is 0. The van der Waals surface area contributed by atoms with Crippen LogP contribution < -0.4 is 9.47 Å². The van der Waals surface area contributed by atoms with Gasteiger partial charge in [-0.2, -0.15) is 5.26 Å². The third kappa shape index (κ3) is 5.26. The van der Waals surface area contributed by atoms with Crippen LogP contribution in [0.15, 0.2) is 77.8 Å². The van der Waals surface area contributed by atoms with E-state index >= 15 is 0 Å². The van der Waals surface area contributed by atoms with Gasteiger partial charge in [0.05, 0.1) is 38.2 Å². The topological polar surface area (TPSA) is 130 Å². The summed E-state index contributed by atoms with van der Waals surface area (Å²) in [5.74, 6) is 0.145. The Morgan fingerprint density at radius 1 is 1.00 bits per heavy atom. The molecule has 0 spiro atoms. The molecule has 0 saturated carbocycles. The highest BCUT2D eigenvalue weighted by atomic mass is 16.6. The number of aromatic nitrogens is 3. The summed E-state index contributed by atoms with van der Waals surface area (Å²) in [6, 6.07) is 18.9. The molecule has 2 heterocycles. The average molecular weight is 470 g/mol. The third-order valence-corrected chi connectivity index (χ3v) is 4.67. The van der Waals surface area contributed by atoms with Crippen molar-refractivity contribution in [1.82, 2.24) is 15.1 Å². The molecule has 0 amide bonds. The van der Waals surface area contributed by atoms with Crippen LogP contribution in [0.25, 0.3) is 16.8 Å². The molecule has 35 heavy (non-hydrogen) atoms. The minimum Gasteiger partial charge on any atom is -0.503 e. The van der Waals surface area contributed by atoms with Crippen LogP contribution in [-0.4, -0.2) is 35.3 Å². The number of ether oxygens (including phenoxy) is 4. The summed E-state index contributed by atoms with van der Waals surface area (Å²) < 4.78 is 26.6. The minimum atomic E-state index is -0.564. The molecule has 4 rings (SSSR count). The monoisotopic (exact) mass is 470 g/mol. The van der Waals surface area contributed by atoms with Crippen LogP contribution in [0.2, 0.25) is 0 Å². The lowest BCUT2D eigenvalue weighted by atomic mass is 9.98. The lowest BCUT2D eigenvalue weighted by Crippen LogP contribution is -2.05. The summed E-state index contributed by atoms with van der Waals surface area (Å²) in [5.41, 5.74) is 2.12. The lowest BCUT2D eigenvalue weighted by Gasteiger charge is -2.09. The molecular formula is C25H18N4O6. The zero-order valence-electron chi connectivity index (χ0n) is 18.7. The van der Waals surface area contributed by atoms with Crippen LogP contribution in [0.3, 0.4) is 0 Å². The van der Waals surface area contributed by atoms with Gasteiger partial charge >= 0.3 is 11.9 Å². The highest BCUT2D eigenvalue weighted by Crippen LogP contribution is 2.33. The van der Waals surface area contributed by atoms with Crippen LogP contribution in [-0.2, 0) is 14.3 Å². The van der Waals surface area contributed by atoms with Crippen molar-refractivity contribution in [3.05, 3.63) is 84.4 Å². The van der Waals surface area contributed by atoms with Crippen molar-refractivity contribution in [3.8, 4) is 40.8 Å². The first-order chi connectivity index (χ1) is 17.1. The Balaban J connectivity index is 1.58. The largest absolute Gasteiger partial charge is 0.503 e. The average Bonchev–Trinajstić information content (AvgIpc) is 3.35. The second-order valence-electron chi connectivity index (χ2n) is 6.84. The van der Waals surface area contributed by atoms with Gasteiger partial charge in [-0.3, -0.25) is 0 Å². The fourth-order valence-electron chi connectivity index (χ4n) is 3.12. The van der Waals surface area contributed by atoms with Gasteiger partial charge in [-0.05, 0) is 12.1 Å². The Morgan fingerprint density at radius 2 is 1.74 bits per heavy atom. The Labute approximate surface area is 200 Å². The molecule has 0 unspecified atom stereocenters. The third-order valence-electron chi connectivity index (χ3n) is 4.67. The molecule has 4 aromatic rings. The van der Waals surface area contributed by atoms with E-state index in [1.54, 1.807) is 54.6 Å². The highest BCUT2D eigenvalue weighted by Gasteiger charge is 2.20. The second kappa shape index (κ2) is 10.6. The molecule has 0 aliphatic carbocycles. The van der Waals surface area contributed by atoms with Crippen molar-refractivity contribution in [2.45, 2.75) is 0 Å². The van der Waals surface area contributed by atoms with Gasteiger partial charge in [0.2, 0.25) is 11.8 Å². The van der Waals surface area contributed by atoms with Gasteiger partial charge in [0.15, 0.2) is 0 Å². The molecule has 10 nitrogen and oxygen atoms in total. The first-order valence-corrected chi connectivity index (χ1v) is 10.2. The number of hydrogen-bond acceptors (Lipinski definition) is 10. The molecule has 0 radical (unpaired) electrons. The number of methoxy groups -OCH3 is 2. The maximum absolute atomic E-state index is 12.3. The standard InChI is InChI=1S/C25H18N4O6/c1-31-14-19(25(30)32-2)17-8-4-5-9-18(17)20-11-24(35-29-20)34-23-12-22(27-15-28-23)33-21-10-6-3-7-16(21)13-26/h3-12,14-15H,1-2H3. The van der Waals surface area contributed by atoms with E-state index in [4.69, 9.17) is 23.5 Å². The molecule has 174 valence electrons. The summed E-state index contributed by atoms with van der Waals surface area (Å²) in [6.45, 7) is 0. The number of benzene rings is 2. The van der Waals surface area contributed by atoms with Gasteiger partial charge in [-0.1, -0.05) is 41.6 Å². The first kappa shape index (κ1) is 23.0. The molecule has 0 aliphatic heterocycles. The molecule has 0 aliphatic rings. The Morgan fingerprint density at radius 3 is 2.51 bits per heavy atom. The Bertz CT molecular complexity index is 1420. The van der Waals surface area contributed by atoms with Gasteiger partial charge in [0, 0.05) is 11.1 Å². The minimum absolute atomic E-state index is 0.0483. The van der Waals surface area contributed by atoms with Gasteiger partial charge in [-0.25, -0.2) is 14.8 Å². The number of para-hydroxylation sites is 1. The van der Waals surface area contributed by atoms with Crippen LogP contribution >= 0.6 is 0 Å². The fourth-order valence-corrected chi connectivity index (χ4v) is 3.12. The number of carbonyl (C=O) groups excluding carboxylic acids is 1. The number of carbonyl (C=O) groups is 1. The molecule has 0 saturated heterocycles. The van der Waals surface area contributed by atoms with E-state index in [-0.39, 0.29) is 23.3 Å². The molecular weight excluding hydrogens is 452 g/mol. The van der Waals surface area contributed by atoms with Crippen molar-refractivity contribution in [2.75, 3.05) is 14.2 Å². The van der Waals surface area contributed by atoms with Crippen molar-refractivity contribution in [3.63, 3.8) is 0 Å². The lowest BCUT2D eigenvalue weighted by molar-refractivity contribution is -0.133. The van der Waals surface area contributed by atoms with Crippen molar-refractivity contribution >= 4 is 11.5 Å². The van der Waals surface area contributed by atoms with Gasteiger partial charge in [0.1, 0.15) is 29.4 Å². The van der Waals surface area contributed by atoms with E-state index in [2.05, 4.69) is 21.2 Å². The summed E-state index contributed by atoms with van der Waals surface area (Å²) in [5, 5.41) is 13.3. The van der Waals surface area contributed by atoms with Crippen LogP contribution in [0.1, 0.15) is 11.1 Å².